The molecule has 0 radical (unpaired) electrons. The first-order valence-corrected chi connectivity index (χ1v) is 8.18. The lowest BCUT2D eigenvalue weighted by atomic mass is 10.2. The van der Waals surface area contributed by atoms with Gasteiger partial charge in [0.15, 0.2) is 0 Å². The zero-order valence-electron chi connectivity index (χ0n) is 12.1. The lowest BCUT2D eigenvalue weighted by molar-refractivity contribution is -0.123. The van der Waals surface area contributed by atoms with Gasteiger partial charge in [-0.25, -0.2) is 17.2 Å². The van der Waals surface area contributed by atoms with Crippen LogP contribution in [0.1, 0.15) is 13.8 Å². The van der Waals surface area contributed by atoms with Gasteiger partial charge in [0, 0.05) is 18.5 Å². The van der Waals surface area contributed by atoms with Gasteiger partial charge in [0.1, 0.15) is 11.6 Å². The van der Waals surface area contributed by atoms with Crippen LogP contribution < -0.4 is 9.62 Å². The molecule has 0 unspecified atom stereocenters. The second-order valence-corrected chi connectivity index (χ2v) is 6.78. The fraction of sp³-hybridized carbons (Fsp3) is 0.462. The summed E-state index contributed by atoms with van der Waals surface area (Å²) < 4.78 is 50.9. The van der Waals surface area contributed by atoms with Gasteiger partial charge in [0.25, 0.3) is 0 Å². The van der Waals surface area contributed by atoms with E-state index in [1.54, 1.807) is 13.8 Å². The first-order valence-electron chi connectivity index (χ1n) is 6.33. The van der Waals surface area contributed by atoms with Gasteiger partial charge in [-0.3, -0.25) is 9.10 Å². The van der Waals surface area contributed by atoms with Crippen LogP contribution in [-0.4, -0.2) is 33.7 Å². The maximum atomic E-state index is 13.7. The van der Waals surface area contributed by atoms with Gasteiger partial charge in [-0.15, -0.1) is 0 Å². The molecular formula is C13H18F2N2O3S. The minimum atomic E-state index is -3.75. The summed E-state index contributed by atoms with van der Waals surface area (Å²) in [6, 6.07) is 2.64. The topological polar surface area (TPSA) is 66.5 Å². The molecule has 0 saturated carbocycles. The Labute approximate surface area is 123 Å². The van der Waals surface area contributed by atoms with E-state index in [1.807, 2.05) is 0 Å². The SMILES string of the molecule is CC(C)C(=O)NCCN(c1ccc(F)cc1F)S(C)(=O)=O. The number of anilines is 1. The number of nitrogens with one attached hydrogen (secondary N) is 1. The molecule has 1 N–H and O–H groups in total. The Balaban J connectivity index is 2.90. The van der Waals surface area contributed by atoms with Crippen molar-refractivity contribution in [2.75, 3.05) is 23.7 Å². The Morgan fingerprint density at radius 2 is 1.95 bits per heavy atom. The summed E-state index contributed by atoms with van der Waals surface area (Å²) in [7, 11) is -3.75. The third-order valence-electron chi connectivity index (χ3n) is 2.72. The summed E-state index contributed by atoms with van der Waals surface area (Å²) >= 11 is 0. The van der Waals surface area contributed by atoms with E-state index in [9.17, 15) is 22.0 Å². The fourth-order valence-corrected chi connectivity index (χ4v) is 2.56. The smallest absolute Gasteiger partial charge is 0.232 e. The van der Waals surface area contributed by atoms with Crippen molar-refractivity contribution in [1.82, 2.24) is 5.32 Å². The zero-order valence-corrected chi connectivity index (χ0v) is 12.9. The summed E-state index contributed by atoms with van der Waals surface area (Å²) in [5.41, 5.74) is -0.252. The number of nitrogens with zero attached hydrogens (tertiary/aromatic N) is 1. The number of carbonyl (C=O) groups excluding carboxylic acids is 1. The summed E-state index contributed by atoms with van der Waals surface area (Å²) in [4.78, 5) is 11.4. The van der Waals surface area contributed by atoms with Crippen LogP contribution in [0.15, 0.2) is 18.2 Å². The highest BCUT2D eigenvalue weighted by atomic mass is 32.2. The van der Waals surface area contributed by atoms with Crippen molar-refractivity contribution < 1.29 is 22.0 Å². The molecule has 0 saturated heterocycles. The molecule has 1 aromatic carbocycles. The molecule has 0 aliphatic rings. The van der Waals surface area contributed by atoms with Gasteiger partial charge in [-0.05, 0) is 12.1 Å². The number of hydrogen-bond acceptors (Lipinski definition) is 3. The number of carbonyl (C=O) groups is 1. The van der Waals surface area contributed by atoms with Crippen LogP contribution in [0.3, 0.4) is 0 Å². The van der Waals surface area contributed by atoms with Crippen molar-refractivity contribution in [3.05, 3.63) is 29.8 Å². The average molecular weight is 320 g/mol. The Bertz CT molecular complexity index is 618. The summed E-state index contributed by atoms with van der Waals surface area (Å²) in [5, 5.41) is 2.54. The number of halogens is 2. The normalized spacial score (nSPS) is 11.5. The Morgan fingerprint density at radius 1 is 1.33 bits per heavy atom. The molecule has 0 atom stereocenters. The molecule has 8 heteroatoms. The summed E-state index contributed by atoms with van der Waals surface area (Å²) in [5.74, 6) is -2.24. The zero-order chi connectivity index (χ0) is 16.2. The van der Waals surface area contributed by atoms with Gasteiger partial charge < -0.3 is 5.32 Å². The summed E-state index contributed by atoms with van der Waals surface area (Å²) in [6.45, 7) is 3.29. The van der Waals surface area contributed by atoms with Crippen LogP contribution in [0.25, 0.3) is 0 Å². The number of sulfonamides is 1. The Kier molecular flexibility index (Phi) is 5.65. The molecular weight excluding hydrogens is 302 g/mol. The van der Waals surface area contributed by atoms with Gasteiger partial charge in [0.05, 0.1) is 18.5 Å². The second-order valence-electron chi connectivity index (χ2n) is 4.88. The maximum Gasteiger partial charge on any atom is 0.232 e. The van der Waals surface area contributed by atoms with Crippen LogP contribution in [-0.2, 0) is 14.8 Å². The van der Waals surface area contributed by atoms with Gasteiger partial charge >= 0.3 is 0 Å². The van der Waals surface area contributed by atoms with E-state index < -0.39 is 21.7 Å². The van der Waals surface area contributed by atoms with Crippen molar-refractivity contribution in [3.8, 4) is 0 Å². The first kappa shape index (κ1) is 17.4. The molecule has 0 bridgehead atoms. The van der Waals surface area contributed by atoms with Crippen LogP contribution in [0, 0.1) is 17.6 Å². The molecule has 0 aliphatic carbocycles. The lowest BCUT2D eigenvalue weighted by Crippen LogP contribution is -2.39. The van der Waals surface area contributed by atoms with Crippen molar-refractivity contribution in [2.24, 2.45) is 5.92 Å². The predicted molar refractivity (Wildman–Crippen MR) is 76.4 cm³/mol. The van der Waals surface area contributed by atoms with E-state index in [2.05, 4.69) is 5.32 Å². The van der Waals surface area contributed by atoms with E-state index in [4.69, 9.17) is 0 Å². The number of benzene rings is 1. The number of hydrogen-bond donors (Lipinski definition) is 1. The average Bonchev–Trinajstić information content (AvgIpc) is 2.34. The van der Waals surface area contributed by atoms with Crippen LogP contribution in [0.2, 0.25) is 0 Å². The van der Waals surface area contributed by atoms with Gasteiger partial charge in [-0.1, -0.05) is 13.8 Å². The molecule has 0 fully saturated rings. The van der Waals surface area contributed by atoms with Crippen molar-refractivity contribution in [3.63, 3.8) is 0 Å². The Morgan fingerprint density at radius 3 is 2.43 bits per heavy atom. The predicted octanol–water partition coefficient (Wildman–Crippen LogP) is 1.50. The molecule has 0 spiro atoms. The van der Waals surface area contributed by atoms with Crippen LogP contribution in [0.4, 0.5) is 14.5 Å². The van der Waals surface area contributed by atoms with Crippen LogP contribution >= 0.6 is 0 Å². The second kappa shape index (κ2) is 6.84. The molecule has 0 aromatic heterocycles. The number of rotatable bonds is 6. The fourth-order valence-electron chi connectivity index (χ4n) is 1.63. The van der Waals surface area contributed by atoms with E-state index in [0.29, 0.717) is 6.07 Å². The molecule has 0 heterocycles. The maximum absolute atomic E-state index is 13.7. The van der Waals surface area contributed by atoms with E-state index in [-0.39, 0.29) is 30.6 Å². The largest absolute Gasteiger partial charge is 0.354 e. The Hall–Kier alpha value is -1.70. The first-order chi connectivity index (χ1) is 9.62. The highest BCUT2D eigenvalue weighted by Gasteiger charge is 2.21. The quantitative estimate of drug-likeness (QED) is 0.864. The third-order valence-corrected chi connectivity index (χ3v) is 3.90. The van der Waals surface area contributed by atoms with Gasteiger partial charge in [-0.2, -0.15) is 0 Å². The van der Waals surface area contributed by atoms with E-state index >= 15 is 0 Å². The highest BCUT2D eigenvalue weighted by Crippen LogP contribution is 2.22. The number of amides is 1. The molecule has 118 valence electrons. The van der Waals surface area contributed by atoms with Crippen molar-refractivity contribution >= 4 is 21.6 Å². The van der Waals surface area contributed by atoms with Crippen molar-refractivity contribution in [2.45, 2.75) is 13.8 Å². The van der Waals surface area contributed by atoms with Crippen molar-refractivity contribution in [1.29, 1.82) is 0 Å². The molecule has 21 heavy (non-hydrogen) atoms. The minimum absolute atomic E-state index is 0.0287. The summed E-state index contributed by atoms with van der Waals surface area (Å²) in [6.07, 6.45) is 0.917. The van der Waals surface area contributed by atoms with Crippen LogP contribution in [0.5, 0.6) is 0 Å². The molecule has 1 rings (SSSR count). The minimum Gasteiger partial charge on any atom is -0.354 e. The van der Waals surface area contributed by atoms with E-state index in [0.717, 1.165) is 22.7 Å². The van der Waals surface area contributed by atoms with E-state index in [1.165, 1.54) is 0 Å². The molecule has 1 aromatic rings. The van der Waals surface area contributed by atoms with Gasteiger partial charge in [0.2, 0.25) is 15.9 Å². The molecule has 1 amide bonds. The standard InChI is InChI=1S/C13H18F2N2O3S/c1-9(2)13(18)16-6-7-17(21(3,19)20)12-5-4-10(14)8-11(12)15/h4-5,8-9H,6-7H2,1-3H3,(H,16,18). The molecule has 0 aliphatic heterocycles. The highest BCUT2D eigenvalue weighted by molar-refractivity contribution is 7.92. The lowest BCUT2D eigenvalue weighted by Gasteiger charge is -2.23. The monoisotopic (exact) mass is 320 g/mol. The third kappa shape index (κ3) is 4.96. The molecule has 5 nitrogen and oxygen atoms in total.